The van der Waals surface area contributed by atoms with Crippen molar-refractivity contribution >= 4 is 5.97 Å². The van der Waals surface area contributed by atoms with Crippen LogP contribution in [0.1, 0.15) is 24.2 Å². The van der Waals surface area contributed by atoms with Crippen LogP contribution in [0.5, 0.6) is 0 Å². The summed E-state index contributed by atoms with van der Waals surface area (Å²) in [6.07, 6.45) is 0.368. The first kappa shape index (κ1) is 15.5. The molecule has 0 N–H and O–H groups in total. The molecular weight excluding hydrogens is 288 g/mol. The quantitative estimate of drug-likeness (QED) is 0.787. The van der Waals surface area contributed by atoms with Gasteiger partial charge in [0, 0.05) is 0 Å². The second-order valence-corrected chi connectivity index (χ2v) is 5.50. The van der Waals surface area contributed by atoms with Crippen LogP contribution in [0.15, 0.2) is 71.8 Å². The van der Waals surface area contributed by atoms with Gasteiger partial charge in [0.1, 0.15) is 6.10 Å². The van der Waals surface area contributed by atoms with Gasteiger partial charge in [0.15, 0.2) is 0 Å². The van der Waals surface area contributed by atoms with E-state index in [1.165, 1.54) is 5.56 Å². The van der Waals surface area contributed by atoms with Gasteiger partial charge in [-0.25, -0.2) is 4.79 Å². The zero-order valence-electron chi connectivity index (χ0n) is 13.2. The Kier molecular flexibility index (Phi) is 4.89. The molecule has 3 nitrogen and oxygen atoms in total. The summed E-state index contributed by atoms with van der Waals surface area (Å²) < 4.78 is 11.2. The summed E-state index contributed by atoms with van der Waals surface area (Å²) in [6.45, 7) is 2.65. The molecule has 0 aliphatic carbocycles. The predicted octanol–water partition coefficient (Wildman–Crippen LogP) is 3.86. The van der Waals surface area contributed by atoms with Gasteiger partial charge < -0.3 is 9.47 Å². The van der Waals surface area contributed by atoms with Crippen molar-refractivity contribution < 1.29 is 14.3 Å². The minimum Gasteiger partial charge on any atom is -0.463 e. The molecule has 1 heterocycles. The summed E-state index contributed by atoms with van der Waals surface area (Å²) in [5.41, 5.74) is 3.81. The lowest BCUT2D eigenvalue weighted by Crippen LogP contribution is -2.14. The molecule has 0 aromatic heterocycles. The highest BCUT2D eigenvalue weighted by Gasteiger charge is 2.33. The Morgan fingerprint density at radius 3 is 2.39 bits per heavy atom. The monoisotopic (exact) mass is 308 g/mol. The molecule has 23 heavy (non-hydrogen) atoms. The van der Waals surface area contributed by atoms with Gasteiger partial charge in [0.25, 0.3) is 0 Å². The van der Waals surface area contributed by atoms with E-state index in [-0.39, 0.29) is 12.1 Å². The Morgan fingerprint density at radius 2 is 1.74 bits per heavy atom. The highest BCUT2D eigenvalue weighted by molar-refractivity contribution is 5.91. The van der Waals surface area contributed by atoms with E-state index in [0.29, 0.717) is 25.2 Å². The average Bonchev–Trinajstić information content (AvgIpc) is 3.00. The highest BCUT2D eigenvalue weighted by atomic mass is 16.5. The molecule has 0 amide bonds. The van der Waals surface area contributed by atoms with Gasteiger partial charge in [-0.1, -0.05) is 60.7 Å². The summed E-state index contributed by atoms with van der Waals surface area (Å²) in [5.74, 6) is -0.273. The number of benzene rings is 2. The van der Waals surface area contributed by atoms with E-state index in [1.54, 1.807) is 0 Å². The molecule has 0 spiro atoms. The van der Waals surface area contributed by atoms with Gasteiger partial charge in [-0.3, -0.25) is 0 Å². The van der Waals surface area contributed by atoms with Crippen LogP contribution in [-0.4, -0.2) is 19.2 Å². The average molecular weight is 308 g/mol. The van der Waals surface area contributed by atoms with E-state index in [0.717, 1.165) is 11.1 Å². The molecule has 1 unspecified atom stereocenters. The standard InChI is InChI=1S/C20H20O3/c1-2-22-20(21)18-17(13-15-9-5-3-6-10-15)14-23-19(18)16-11-7-4-8-12-16/h3-12,19H,2,13-14H2,1H3. The van der Waals surface area contributed by atoms with Crippen LogP contribution in [0.2, 0.25) is 0 Å². The minimum absolute atomic E-state index is 0.273. The van der Waals surface area contributed by atoms with E-state index >= 15 is 0 Å². The van der Waals surface area contributed by atoms with Gasteiger partial charge in [-0.2, -0.15) is 0 Å². The van der Waals surface area contributed by atoms with Crippen LogP contribution >= 0.6 is 0 Å². The molecule has 0 saturated carbocycles. The zero-order chi connectivity index (χ0) is 16.1. The third-order valence-corrected chi connectivity index (χ3v) is 3.93. The molecule has 3 heteroatoms. The van der Waals surface area contributed by atoms with Crippen molar-refractivity contribution in [2.24, 2.45) is 0 Å². The van der Waals surface area contributed by atoms with Crippen LogP contribution < -0.4 is 0 Å². The number of esters is 1. The van der Waals surface area contributed by atoms with Crippen LogP contribution in [0.3, 0.4) is 0 Å². The van der Waals surface area contributed by atoms with E-state index in [2.05, 4.69) is 12.1 Å². The maximum atomic E-state index is 12.5. The lowest BCUT2D eigenvalue weighted by atomic mass is 9.96. The van der Waals surface area contributed by atoms with Crippen molar-refractivity contribution in [1.82, 2.24) is 0 Å². The molecule has 1 aliphatic rings. The van der Waals surface area contributed by atoms with Crippen LogP contribution in [0.25, 0.3) is 0 Å². The number of rotatable bonds is 5. The van der Waals surface area contributed by atoms with Crippen molar-refractivity contribution in [3.05, 3.63) is 82.9 Å². The minimum atomic E-state index is -0.339. The topological polar surface area (TPSA) is 35.5 Å². The van der Waals surface area contributed by atoms with E-state index < -0.39 is 0 Å². The summed E-state index contributed by atoms with van der Waals surface area (Å²) in [6, 6.07) is 19.9. The smallest absolute Gasteiger partial charge is 0.337 e. The number of ether oxygens (including phenoxy) is 2. The van der Waals surface area contributed by atoms with Crippen molar-refractivity contribution in [1.29, 1.82) is 0 Å². The SMILES string of the molecule is CCOC(=O)C1=C(Cc2ccccc2)COC1c1ccccc1. The lowest BCUT2D eigenvalue weighted by molar-refractivity contribution is -0.139. The number of carbonyl (C=O) groups excluding carboxylic acids is 1. The molecule has 0 bridgehead atoms. The Hall–Kier alpha value is -2.39. The molecular formula is C20H20O3. The normalized spacial score (nSPS) is 17.3. The molecule has 2 aromatic rings. The van der Waals surface area contributed by atoms with Gasteiger partial charge in [-0.05, 0) is 30.0 Å². The fraction of sp³-hybridized carbons (Fsp3) is 0.250. The maximum absolute atomic E-state index is 12.5. The van der Waals surface area contributed by atoms with E-state index in [9.17, 15) is 4.79 Å². The molecule has 3 rings (SSSR count). The van der Waals surface area contributed by atoms with Crippen molar-refractivity contribution in [2.45, 2.75) is 19.4 Å². The molecule has 0 radical (unpaired) electrons. The molecule has 0 saturated heterocycles. The van der Waals surface area contributed by atoms with Crippen LogP contribution in [0.4, 0.5) is 0 Å². The number of hydrogen-bond donors (Lipinski definition) is 0. The van der Waals surface area contributed by atoms with E-state index in [4.69, 9.17) is 9.47 Å². The first-order chi connectivity index (χ1) is 11.3. The van der Waals surface area contributed by atoms with Gasteiger partial charge in [0.2, 0.25) is 0 Å². The highest BCUT2D eigenvalue weighted by Crippen LogP contribution is 2.36. The third-order valence-electron chi connectivity index (χ3n) is 3.93. The Bertz CT molecular complexity index is 689. The zero-order valence-corrected chi connectivity index (χ0v) is 13.2. The van der Waals surface area contributed by atoms with Gasteiger partial charge in [0.05, 0.1) is 18.8 Å². The Morgan fingerprint density at radius 1 is 1.09 bits per heavy atom. The molecule has 0 fully saturated rings. The second-order valence-electron chi connectivity index (χ2n) is 5.50. The fourth-order valence-electron chi connectivity index (χ4n) is 2.87. The molecule has 2 aromatic carbocycles. The fourth-order valence-corrected chi connectivity index (χ4v) is 2.87. The third kappa shape index (κ3) is 3.51. The summed E-state index contributed by atoms with van der Waals surface area (Å²) in [7, 11) is 0. The van der Waals surface area contributed by atoms with Crippen molar-refractivity contribution in [2.75, 3.05) is 13.2 Å². The number of carbonyl (C=O) groups is 1. The predicted molar refractivity (Wildman–Crippen MR) is 88.9 cm³/mol. The van der Waals surface area contributed by atoms with Crippen molar-refractivity contribution in [3.63, 3.8) is 0 Å². The first-order valence-corrected chi connectivity index (χ1v) is 7.89. The van der Waals surface area contributed by atoms with Gasteiger partial charge in [-0.15, -0.1) is 0 Å². The van der Waals surface area contributed by atoms with E-state index in [1.807, 2.05) is 55.5 Å². The second kappa shape index (κ2) is 7.25. The molecule has 1 atom stereocenters. The maximum Gasteiger partial charge on any atom is 0.337 e. The van der Waals surface area contributed by atoms with Crippen LogP contribution in [0, 0.1) is 0 Å². The molecule has 1 aliphatic heterocycles. The lowest BCUT2D eigenvalue weighted by Gasteiger charge is -2.14. The number of hydrogen-bond acceptors (Lipinski definition) is 3. The summed E-state index contributed by atoms with van der Waals surface area (Å²) >= 11 is 0. The summed E-state index contributed by atoms with van der Waals surface area (Å²) in [5, 5.41) is 0. The van der Waals surface area contributed by atoms with Crippen molar-refractivity contribution in [3.8, 4) is 0 Å². The largest absolute Gasteiger partial charge is 0.463 e. The summed E-state index contributed by atoms with van der Waals surface area (Å²) in [4.78, 5) is 12.5. The Balaban J connectivity index is 1.94. The van der Waals surface area contributed by atoms with Crippen LogP contribution in [-0.2, 0) is 20.7 Å². The first-order valence-electron chi connectivity index (χ1n) is 7.89. The Labute approximate surface area is 136 Å². The molecule has 118 valence electrons. The van der Waals surface area contributed by atoms with Gasteiger partial charge >= 0.3 is 5.97 Å².